The lowest BCUT2D eigenvalue weighted by Gasteiger charge is -2.10. The first-order chi connectivity index (χ1) is 9.81. The fourth-order valence-corrected chi connectivity index (χ4v) is 3.86. The highest BCUT2D eigenvalue weighted by atomic mass is 32.2. The molecule has 0 radical (unpaired) electrons. The van der Waals surface area contributed by atoms with Crippen molar-refractivity contribution in [1.29, 1.82) is 0 Å². The molecule has 0 atom stereocenters. The Morgan fingerprint density at radius 3 is 2.55 bits per heavy atom. The van der Waals surface area contributed by atoms with Gasteiger partial charge >= 0.3 is 0 Å². The first-order valence-electron chi connectivity index (χ1n) is 7.35. The summed E-state index contributed by atoms with van der Waals surface area (Å²) in [4.78, 5) is 1.39. The first-order valence-corrected chi connectivity index (χ1v) is 8.23. The van der Waals surface area contributed by atoms with Crippen LogP contribution < -0.4 is 5.32 Å². The molecule has 0 bridgehead atoms. The van der Waals surface area contributed by atoms with Crippen molar-refractivity contribution in [2.24, 2.45) is 0 Å². The Bertz CT molecular complexity index is 540. The van der Waals surface area contributed by atoms with Crippen molar-refractivity contribution in [1.82, 2.24) is 0 Å². The van der Waals surface area contributed by atoms with Crippen LogP contribution in [0.1, 0.15) is 37.0 Å². The fourth-order valence-electron chi connectivity index (χ4n) is 2.62. The second-order valence-corrected chi connectivity index (χ2v) is 6.80. The minimum absolute atomic E-state index is 0.744. The van der Waals surface area contributed by atoms with Crippen LogP contribution in [0.4, 0.5) is 5.69 Å². The van der Waals surface area contributed by atoms with Gasteiger partial charge in [0.05, 0.1) is 12.8 Å². The van der Waals surface area contributed by atoms with Gasteiger partial charge in [-0.15, -0.1) is 11.8 Å². The summed E-state index contributed by atoms with van der Waals surface area (Å²) in [6, 6.07) is 10.8. The second kappa shape index (κ2) is 6.40. The molecule has 1 aliphatic carbocycles. The highest BCUT2D eigenvalue weighted by Gasteiger charge is 2.15. The van der Waals surface area contributed by atoms with E-state index in [1.165, 1.54) is 36.1 Å². The number of aryl methyl sites for hydroxylation is 1. The van der Waals surface area contributed by atoms with E-state index in [2.05, 4.69) is 36.5 Å². The number of anilines is 1. The summed E-state index contributed by atoms with van der Waals surface area (Å²) in [7, 11) is 0. The molecule has 3 rings (SSSR count). The molecule has 0 unspecified atom stereocenters. The van der Waals surface area contributed by atoms with Crippen molar-refractivity contribution in [2.45, 2.75) is 49.3 Å². The molecular weight excluding hydrogens is 266 g/mol. The maximum atomic E-state index is 5.43. The Labute approximate surface area is 125 Å². The maximum Gasteiger partial charge on any atom is 0.125 e. The number of hydrogen-bond acceptors (Lipinski definition) is 3. The lowest BCUT2D eigenvalue weighted by atomic mass is 10.2. The van der Waals surface area contributed by atoms with E-state index in [1.807, 2.05) is 17.8 Å². The average Bonchev–Trinajstić information content (AvgIpc) is 3.10. The Balaban J connectivity index is 1.54. The Morgan fingerprint density at radius 2 is 1.90 bits per heavy atom. The third kappa shape index (κ3) is 3.40. The van der Waals surface area contributed by atoms with E-state index >= 15 is 0 Å². The van der Waals surface area contributed by atoms with Gasteiger partial charge in [0.2, 0.25) is 0 Å². The third-order valence-electron chi connectivity index (χ3n) is 3.88. The van der Waals surface area contributed by atoms with Gasteiger partial charge in [0.1, 0.15) is 5.76 Å². The number of benzene rings is 1. The maximum absolute atomic E-state index is 5.43. The molecule has 3 heteroatoms. The average molecular weight is 287 g/mol. The van der Waals surface area contributed by atoms with Gasteiger partial charge in [0.25, 0.3) is 0 Å². The molecule has 20 heavy (non-hydrogen) atoms. The van der Waals surface area contributed by atoms with Crippen LogP contribution >= 0.6 is 11.8 Å². The molecule has 106 valence electrons. The summed E-state index contributed by atoms with van der Waals surface area (Å²) in [6.45, 7) is 2.82. The number of hydrogen-bond donors (Lipinski definition) is 1. The summed E-state index contributed by atoms with van der Waals surface area (Å²) in [6.07, 6.45) is 7.30. The van der Waals surface area contributed by atoms with Crippen molar-refractivity contribution < 1.29 is 4.42 Å². The standard InChI is InChI=1S/C17H21NOS/c1-13-10-11-19-17(13)12-18-14-6-8-16(9-7-14)20-15-4-2-3-5-15/h6-11,15,18H,2-5,12H2,1H3. The van der Waals surface area contributed by atoms with E-state index in [-0.39, 0.29) is 0 Å². The van der Waals surface area contributed by atoms with Gasteiger partial charge < -0.3 is 9.73 Å². The third-order valence-corrected chi connectivity index (χ3v) is 5.23. The minimum Gasteiger partial charge on any atom is -0.467 e. The predicted octanol–water partition coefficient (Wildman–Crippen LogP) is 5.23. The normalized spacial score (nSPS) is 15.7. The zero-order valence-electron chi connectivity index (χ0n) is 11.9. The van der Waals surface area contributed by atoms with Crippen molar-refractivity contribution in [3.63, 3.8) is 0 Å². The summed E-state index contributed by atoms with van der Waals surface area (Å²) in [5.41, 5.74) is 2.35. The molecule has 1 heterocycles. The van der Waals surface area contributed by atoms with E-state index in [1.54, 1.807) is 6.26 Å². The smallest absolute Gasteiger partial charge is 0.125 e. The van der Waals surface area contributed by atoms with Crippen LogP contribution in [0.15, 0.2) is 45.9 Å². The highest BCUT2D eigenvalue weighted by molar-refractivity contribution is 8.00. The first kappa shape index (κ1) is 13.6. The van der Waals surface area contributed by atoms with Gasteiger partial charge in [-0.05, 0) is 55.7 Å². The van der Waals surface area contributed by atoms with E-state index in [9.17, 15) is 0 Å². The topological polar surface area (TPSA) is 25.2 Å². The zero-order chi connectivity index (χ0) is 13.8. The van der Waals surface area contributed by atoms with Crippen LogP contribution in [0.3, 0.4) is 0 Å². The number of rotatable bonds is 5. The van der Waals surface area contributed by atoms with Crippen LogP contribution in [0.2, 0.25) is 0 Å². The van der Waals surface area contributed by atoms with Crippen molar-refractivity contribution in [3.8, 4) is 0 Å². The Kier molecular flexibility index (Phi) is 4.36. The molecule has 0 amide bonds. The van der Waals surface area contributed by atoms with E-state index in [0.29, 0.717) is 0 Å². The highest BCUT2D eigenvalue weighted by Crippen LogP contribution is 2.34. The van der Waals surface area contributed by atoms with E-state index in [0.717, 1.165) is 23.2 Å². The molecule has 1 saturated carbocycles. The van der Waals surface area contributed by atoms with Gasteiger partial charge in [-0.2, -0.15) is 0 Å². The second-order valence-electron chi connectivity index (χ2n) is 5.43. The van der Waals surface area contributed by atoms with Crippen LogP contribution in [0, 0.1) is 6.92 Å². The molecule has 2 nitrogen and oxygen atoms in total. The molecule has 1 aromatic carbocycles. The number of nitrogens with one attached hydrogen (secondary N) is 1. The molecule has 1 aliphatic rings. The SMILES string of the molecule is Cc1ccoc1CNc1ccc(SC2CCCC2)cc1. The van der Waals surface area contributed by atoms with Crippen LogP contribution in [0.25, 0.3) is 0 Å². The molecule has 0 saturated heterocycles. The van der Waals surface area contributed by atoms with Gasteiger partial charge in [0, 0.05) is 15.8 Å². The lowest BCUT2D eigenvalue weighted by molar-refractivity contribution is 0.515. The van der Waals surface area contributed by atoms with E-state index in [4.69, 9.17) is 4.42 Å². The van der Waals surface area contributed by atoms with Crippen molar-refractivity contribution in [3.05, 3.63) is 47.9 Å². The zero-order valence-corrected chi connectivity index (χ0v) is 12.7. The van der Waals surface area contributed by atoms with E-state index < -0.39 is 0 Å². The number of thioether (sulfide) groups is 1. The summed E-state index contributed by atoms with van der Waals surface area (Å²) >= 11 is 2.03. The molecule has 1 fully saturated rings. The molecule has 0 aliphatic heterocycles. The van der Waals surface area contributed by atoms with Crippen LogP contribution in [0.5, 0.6) is 0 Å². The van der Waals surface area contributed by atoms with Crippen molar-refractivity contribution in [2.75, 3.05) is 5.32 Å². The molecular formula is C17H21NOS. The summed E-state index contributed by atoms with van der Waals surface area (Å²) < 4.78 is 5.43. The summed E-state index contributed by atoms with van der Waals surface area (Å²) in [5.74, 6) is 1.01. The van der Waals surface area contributed by atoms with Crippen LogP contribution in [-0.4, -0.2) is 5.25 Å². The summed E-state index contributed by atoms with van der Waals surface area (Å²) in [5, 5.41) is 4.24. The predicted molar refractivity (Wildman–Crippen MR) is 85.3 cm³/mol. The lowest BCUT2D eigenvalue weighted by Crippen LogP contribution is -1.99. The van der Waals surface area contributed by atoms with Crippen molar-refractivity contribution >= 4 is 17.4 Å². The Morgan fingerprint density at radius 1 is 1.15 bits per heavy atom. The molecule has 1 aromatic heterocycles. The van der Waals surface area contributed by atoms with Crippen LogP contribution in [-0.2, 0) is 6.54 Å². The Hall–Kier alpha value is -1.35. The quantitative estimate of drug-likeness (QED) is 0.814. The minimum atomic E-state index is 0.744. The molecule has 1 N–H and O–H groups in total. The van der Waals surface area contributed by atoms with Gasteiger partial charge in [-0.3, -0.25) is 0 Å². The van der Waals surface area contributed by atoms with Gasteiger partial charge in [-0.1, -0.05) is 12.8 Å². The van der Waals surface area contributed by atoms with Gasteiger partial charge in [0.15, 0.2) is 0 Å². The monoisotopic (exact) mass is 287 g/mol. The molecule has 2 aromatic rings. The van der Waals surface area contributed by atoms with Gasteiger partial charge in [-0.25, -0.2) is 0 Å². The largest absolute Gasteiger partial charge is 0.467 e. The molecule has 0 spiro atoms. The number of furan rings is 1. The fraction of sp³-hybridized carbons (Fsp3) is 0.412.